The van der Waals surface area contributed by atoms with Crippen LogP contribution in [0.3, 0.4) is 0 Å². The molecule has 0 aliphatic carbocycles. The molecule has 0 spiro atoms. The van der Waals surface area contributed by atoms with E-state index in [-0.39, 0.29) is 11.9 Å². The van der Waals surface area contributed by atoms with E-state index in [0.717, 1.165) is 17.7 Å². The van der Waals surface area contributed by atoms with Crippen molar-refractivity contribution in [1.82, 2.24) is 15.0 Å². The summed E-state index contributed by atoms with van der Waals surface area (Å²) in [5, 5.41) is 3.93. The van der Waals surface area contributed by atoms with Gasteiger partial charge in [-0.2, -0.15) is 4.98 Å². The van der Waals surface area contributed by atoms with Gasteiger partial charge >= 0.3 is 0 Å². The molecule has 1 atom stereocenters. The minimum absolute atomic E-state index is 0.115. The molecular weight excluding hydrogens is 282 g/mol. The topological polar surface area (TPSA) is 68.5 Å². The maximum Gasteiger partial charge on any atom is 0.249 e. The number of nitrogens with zero attached hydrogens (tertiary/aromatic N) is 3. The van der Waals surface area contributed by atoms with Crippen molar-refractivity contribution in [2.24, 2.45) is 0 Å². The van der Waals surface area contributed by atoms with Crippen molar-refractivity contribution in [2.45, 2.75) is 38.8 Å². The molecular formula is C16H19N3O3. The summed E-state index contributed by atoms with van der Waals surface area (Å²) >= 11 is 0. The Bertz CT molecular complexity index is 668. The first-order valence-electron chi connectivity index (χ1n) is 7.46. The van der Waals surface area contributed by atoms with Gasteiger partial charge < -0.3 is 14.2 Å². The van der Waals surface area contributed by atoms with Crippen molar-refractivity contribution in [1.29, 1.82) is 0 Å². The highest BCUT2D eigenvalue weighted by atomic mass is 16.5. The number of benzene rings is 1. The molecule has 1 aliphatic rings. The number of hydrogen-bond donors (Lipinski definition) is 0. The van der Waals surface area contributed by atoms with E-state index in [2.05, 4.69) is 10.1 Å². The van der Waals surface area contributed by atoms with Crippen LogP contribution in [0.1, 0.15) is 43.1 Å². The summed E-state index contributed by atoms with van der Waals surface area (Å²) in [5.74, 6) is 2.11. The van der Waals surface area contributed by atoms with Crippen LogP contribution in [0, 0.1) is 0 Å². The van der Waals surface area contributed by atoms with E-state index < -0.39 is 0 Å². The molecule has 116 valence electrons. The van der Waals surface area contributed by atoms with Crippen LogP contribution in [-0.4, -0.2) is 28.1 Å². The third-order valence-electron chi connectivity index (χ3n) is 3.90. The highest BCUT2D eigenvalue weighted by molar-refractivity contribution is 5.78. The van der Waals surface area contributed by atoms with E-state index in [1.54, 1.807) is 7.11 Å². The van der Waals surface area contributed by atoms with E-state index >= 15 is 0 Å². The Morgan fingerprint density at radius 2 is 2.32 bits per heavy atom. The summed E-state index contributed by atoms with van der Waals surface area (Å²) in [7, 11) is 1.63. The zero-order chi connectivity index (χ0) is 15.5. The SMILES string of the molecule is CCc1noc(C2CCC(=O)N2Cc2cccc(OC)c2)n1. The molecule has 22 heavy (non-hydrogen) atoms. The lowest BCUT2D eigenvalue weighted by atomic mass is 10.1. The zero-order valence-electron chi connectivity index (χ0n) is 12.8. The maximum absolute atomic E-state index is 12.2. The lowest BCUT2D eigenvalue weighted by Gasteiger charge is -2.22. The monoisotopic (exact) mass is 301 g/mol. The Labute approximate surface area is 129 Å². The molecule has 0 N–H and O–H groups in total. The van der Waals surface area contributed by atoms with E-state index in [9.17, 15) is 4.79 Å². The molecule has 1 unspecified atom stereocenters. The Kier molecular flexibility index (Phi) is 4.09. The first-order chi connectivity index (χ1) is 10.7. The fourth-order valence-electron chi connectivity index (χ4n) is 2.70. The number of aromatic nitrogens is 2. The van der Waals surface area contributed by atoms with Gasteiger partial charge in [0.25, 0.3) is 0 Å². The molecule has 6 nitrogen and oxygen atoms in total. The molecule has 0 saturated carbocycles. The van der Waals surface area contributed by atoms with Crippen LogP contribution in [0.15, 0.2) is 28.8 Å². The van der Waals surface area contributed by atoms with Gasteiger partial charge in [-0.05, 0) is 24.1 Å². The van der Waals surface area contributed by atoms with Crippen LogP contribution >= 0.6 is 0 Å². The predicted molar refractivity (Wildman–Crippen MR) is 79.2 cm³/mol. The summed E-state index contributed by atoms with van der Waals surface area (Å²) < 4.78 is 10.6. The first-order valence-corrected chi connectivity index (χ1v) is 7.46. The largest absolute Gasteiger partial charge is 0.497 e. The lowest BCUT2D eigenvalue weighted by molar-refractivity contribution is -0.130. The number of methoxy groups -OCH3 is 1. The minimum Gasteiger partial charge on any atom is -0.497 e. The van der Waals surface area contributed by atoms with E-state index in [1.807, 2.05) is 36.1 Å². The third-order valence-corrected chi connectivity index (χ3v) is 3.90. The molecule has 1 aromatic carbocycles. The molecule has 1 fully saturated rings. The smallest absolute Gasteiger partial charge is 0.249 e. The fourth-order valence-corrected chi connectivity index (χ4v) is 2.70. The van der Waals surface area contributed by atoms with Crippen molar-refractivity contribution in [2.75, 3.05) is 7.11 Å². The maximum atomic E-state index is 12.2. The molecule has 1 saturated heterocycles. The number of amides is 1. The lowest BCUT2D eigenvalue weighted by Crippen LogP contribution is -2.27. The quantitative estimate of drug-likeness (QED) is 0.848. The highest BCUT2D eigenvalue weighted by Crippen LogP contribution is 2.33. The second-order valence-electron chi connectivity index (χ2n) is 5.33. The van der Waals surface area contributed by atoms with Crippen LogP contribution in [-0.2, 0) is 17.8 Å². The average Bonchev–Trinajstić information content (AvgIpc) is 3.15. The van der Waals surface area contributed by atoms with E-state index in [0.29, 0.717) is 31.1 Å². The number of likely N-dealkylation sites (tertiary alicyclic amines) is 1. The zero-order valence-corrected chi connectivity index (χ0v) is 12.8. The molecule has 2 heterocycles. The van der Waals surface area contributed by atoms with Crippen molar-refractivity contribution < 1.29 is 14.1 Å². The molecule has 1 amide bonds. The van der Waals surface area contributed by atoms with Crippen LogP contribution in [0.4, 0.5) is 0 Å². The van der Waals surface area contributed by atoms with Gasteiger partial charge in [0.05, 0.1) is 7.11 Å². The van der Waals surface area contributed by atoms with Gasteiger partial charge in [0.1, 0.15) is 11.8 Å². The Morgan fingerprint density at radius 3 is 3.05 bits per heavy atom. The van der Waals surface area contributed by atoms with E-state index in [1.165, 1.54) is 0 Å². The number of ether oxygens (including phenoxy) is 1. The molecule has 2 aromatic rings. The predicted octanol–water partition coefficient (Wildman–Crippen LogP) is 2.50. The van der Waals surface area contributed by atoms with Crippen molar-refractivity contribution in [3.05, 3.63) is 41.5 Å². The summed E-state index contributed by atoms with van der Waals surface area (Å²) in [6.07, 6.45) is 1.95. The molecule has 3 rings (SSSR count). The number of aryl methyl sites for hydroxylation is 1. The van der Waals surface area contributed by atoms with Gasteiger partial charge in [0.15, 0.2) is 5.82 Å². The number of carbonyl (C=O) groups is 1. The Hall–Kier alpha value is -2.37. The Morgan fingerprint density at radius 1 is 1.45 bits per heavy atom. The van der Waals surface area contributed by atoms with Crippen molar-refractivity contribution in [3.8, 4) is 5.75 Å². The van der Waals surface area contributed by atoms with Gasteiger partial charge in [0, 0.05) is 19.4 Å². The molecule has 0 bridgehead atoms. The van der Waals surface area contributed by atoms with Gasteiger partial charge in [-0.1, -0.05) is 24.2 Å². The number of rotatable bonds is 5. The summed E-state index contributed by atoms with van der Waals surface area (Å²) in [5.41, 5.74) is 1.02. The van der Waals surface area contributed by atoms with Gasteiger partial charge in [-0.25, -0.2) is 0 Å². The summed E-state index contributed by atoms with van der Waals surface area (Å²) in [6.45, 7) is 2.49. The number of hydrogen-bond acceptors (Lipinski definition) is 5. The van der Waals surface area contributed by atoms with Crippen molar-refractivity contribution in [3.63, 3.8) is 0 Å². The molecule has 1 aliphatic heterocycles. The second kappa shape index (κ2) is 6.17. The second-order valence-corrected chi connectivity index (χ2v) is 5.33. The summed E-state index contributed by atoms with van der Waals surface area (Å²) in [4.78, 5) is 18.4. The highest BCUT2D eigenvalue weighted by Gasteiger charge is 2.35. The van der Waals surface area contributed by atoms with E-state index in [4.69, 9.17) is 9.26 Å². The van der Waals surface area contributed by atoms with Gasteiger partial charge in [-0.15, -0.1) is 0 Å². The minimum atomic E-state index is -0.133. The molecule has 0 radical (unpaired) electrons. The van der Waals surface area contributed by atoms with Gasteiger partial charge in [0.2, 0.25) is 11.8 Å². The average molecular weight is 301 g/mol. The Balaban J connectivity index is 1.81. The van der Waals surface area contributed by atoms with Crippen LogP contribution < -0.4 is 4.74 Å². The standard InChI is InChI=1S/C16H19N3O3/c1-3-14-17-16(22-18-14)13-7-8-15(20)19(13)10-11-5-4-6-12(9-11)21-2/h4-6,9,13H,3,7-8,10H2,1-2H3. The van der Waals surface area contributed by atoms with Gasteiger partial charge in [-0.3, -0.25) is 4.79 Å². The van der Waals surface area contributed by atoms with Crippen LogP contribution in [0.2, 0.25) is 0 Å². The molecule has 6 heteroatoms. The van der Waals surface area contributed by atoms with Crippen LogP contribution in [0.25, 0.3) is 0 Å². The number of carbonyl (C=O) groups excluding carboxylic acids is 1. The van der Waals surface area contributed by atoms with Crippen LogP contribution in [0.5, 0.6) is 5.75 Å². The molecule has 1 aromatic heterocycles. The normalized spacial score (nSPS) is 18.0. The summed E-state index contributed by atoms with van der Waals surface area (Å²) in [6, 6.07) is 7.60. The fraction of sp³-hybridized carbons (Fsp3) is 0.438. The first kappa shape index (κ1) is 14.6. The third kappa shape index (κ3) is 2.81. The van der Waals surface area contributed by atoms with Crippen molar-refractivity contribution >= 4 is 5.91 Å².